The fourth-order valence-electron chi connectivity index (χ4n) is 1.66. The summed E-state index contributed by atoms with van der Waals surface area (Å²) in [5.41, 5.74) is 0.675. The summed E-state index contributed by atoms with van der Waals surface area (Å²) in [6, 6.07) is 6.86. The van der Waals surface area contributed by atoms with Crippen LogP contribution in [-0.2, 0) is 15.6 Å². The summed E-state index contributed by atoms with van der Waals surface area (Å²) in [4.78, 5) is 0. The number of aliphatic hydroxyl groups excluding tert-OH is 1. The van der Waals surface area contributed by atoms with Crippen LogP contribution in [-0.4, -0.2) is 44.6 Å². The molecule has 7 heteroatoms. The van der Waals surface area contributed by atoms with E-state index in [-0.39, 0.29) is 30.3 Å². The first-order valence-electron chi connectivity index (χ1n) is 6.88. The third kappa shape index (κ3) is 10.00. The topological polar surface area (TPSA) is 75.6 Å². The summed E-state index contributed by atoms with van der Waals surface area (Å²) in [6.07, 6.45) is 0.607. The zero-order chi connectivity index (χ0) is 16.1. The van der Waals surface area contributed by atoms with E-state index in [9.17, 15) is 13.5 Å². The molecule has 5 nitrogen and oxygen atoms in total. The Kier molecular flexibility index (Phi) is 8.39. The summed E-state index contributed by atoms with van der Waals surface area (Å²) in [5, 5.41) is 13.0. The summed E-state index contributed by atoms with van der Waals surface area (Å²) in [7, 11) is -3.03. The predicted octanol–water partition coefficient (Wildman–Crippen LogP) is 1.78. The SMILES string of the molecule is CC(C)(C)NCC(O)COc1ccc(CS(C)(=O)=O)cc1.Cl. The second-order valence-electron chi connectivity index (χ2n) is 6.31. The molecular formula is C15H26ClNO4S. The van der Waals surface area contributed by atoms with Crippen LogP contribution in [0.3, 0.4) is 0 Å². The van der Waals surface area contributed by atoms with Crippen molar-refractivity contribution in [2.24, 2.45) is 0 Å². The van der Waals surface area contributed by atoms with Gasteiger partial charge in [-0.2, -0.15) is 0 Å². The molecule has 1 aromatic rings. The molecule has 22 heavy (non-hydrogen) atoms. The smallest absolute Gasteiger partial charge is 0.151 e. The Balaban J connectivity index is 0.00000441. The Morgan fingerprint density at radius 2 is 1.77 bits per heavy atom. The Hall–Kier alpha value is -0.820. The molecule has 0 spiro atoms. The van der Waals surface area contributed by atoms with Gasteiger partial charge in [-0.15, -0.1) is 12.4 Å². The zero-order valence-corrected chi connectivity index (χ0v) is 15.1. The first-order valence-corrected chi connectivity index (χ1v) is 8.94. The van der Waals surface area contributed by atoms with Crippen LogP contribution in [0.1, 0.15) is 26.3 Å². The fraction of sp³-hybridized carbons (Fsp3) is 0.600. The Morgan fingerprint density at radius 3 is 2.23 bits per heavy atom. The van der Waals surface area contributed by atoms with E-state index in [2.05, 4.69) is 5.32 Å². The monoisotopic (exact) mass is 351 g/mol. The number of aliphatic hydroxyl groups is 1. The summed E-state index contributed by atoms with van der Waals surface area (Å²) in [6.45, 7) is 6.73. The van der Waals surface area contributed by atoms with E-state index >= 15 is 0 Å². The number of β-amino-alcohol motifs (C(OH)–C–C–N with tert-alkyl or cyclic N) is 1. The highest BCUT2D eigenvalue weighted by Crippen LogP contribution is 2.14. The van der Waals surface area contributed by atoms with Gasteiger partial charge in [0.2, 0.25) is 0 Å². The van der Waals surface area contributed by atoms with E-state index in [0.717, 1.165) is 5.56 Å². The minimum atomic E-state index is -3.03. The summed E-state index contributed by atoms with van der Waals surface area (Å²) in [5.74, 6) is 0.632. The molecule has 1 rings (SSSR count). The van der Waals surface area contributed by atoms with Crippen LogP contribution in [0.5, 0.6) is 5.75 Å². The van der Waals surface area contributed by atoms with Crippen LogP contribution in [0.15, 0.2) is 24.3 Å². The van der Waals surface area contributed by atoms with Gasteiger partial charge >= 0.3 is 0 Å². The molecule has 0 aliphatic heterocycles. The molecule has 0 bridgehead atoms. The molecule has 1 unspecified atom stereocenters. The molecule has 0 saturated heterocycles. The number of hydrogen-bond donors (Lipinski definition) is 2. The Bertz CT molecular complexity index is 538. The molecule has 1 atom stereocenters. The standard InChI is InChI=1S/C15H25NO4S.ClH/c1-15(2,3)16-9-13(17)10-20-14-7-5-12(6-8-14)11-21(4,18)19;/h5-8,13,16-17H,9-11H2,1-4H3;1H. The molecule has 1 aromatic carbocycles. The number of sulfone groups is 1. The number of ether oxygens (including phenoxy) is 1. The van der Waals surface area contributed by atoms with E-state index in [1.165, 1.54) is 6.26 Å². The van der Waals surface area contributed by atoms with Crippen LogP contribution < -0.4 is 10.1 Å². The van der Waals surface area contributed by atoms with E-state index < -0.39 is 15.9 Å². The van der Waals surface area contributed by atoms with Crippen LogP contribution in [0.4, 0.5) is 0 Å². The Labute approximate surface area is 139 Å². The van der Waals surface area contributed by atoms with Gasteiger partial charge in [0.15, 0.2) is 9.84 Å². The average molecular weight is 352 g/mol. The van der Waals surface area contributed by atoms with Crippen molar-refractivity contribution >= 4 is 22.2 Å². The molecule has 0 amide bonds. The van der Waals surface area contributed by atoms with Crippen molar-refractivity contribution in [3.8, 4) is 5.75 Å². The van der Waals surface area contributed by atoms with Crippen LogP contribution in [0, 0.1) is 0 Å². The quantitative estimate of drug-likeness (QED) is 0.783. The van der Waals surface area contributed by atoms with Crippen molar-refractivity contribution in [3.63, 3.8) is 0 Å². The molecule has 0 aromatic heterocycles. The largest absolute Gasteiger partial charge is 0.491 e. The summed E-state index contributed by atoms with van der Waals surface area (Å²) < 4.78 is 27.8. The maximum Gasteiger partial charge on any atom is 0.151 e. The first-order chi connectivity index (χ1) is 9.55. The van der Waals surface area contributed by atoms with Crippen molar-refractivity contribution in [1.29, 1.82) is 0 Å². The maximum atomic E-state index is 11.2. The van der Waals surface area contributed by atoms with Crippen molar-refractivity contribution in [1.82, 2.24) is 5.32 Å². The third-order valence-corrected chi connectivity index (χ3v) is 3.52. The van der Waals surface area contributed by atoms with Gasteiger partial charge in [0, 0.05) is 18.3 Å². The molecule has 0 saturated carbocycles. The van der Waals surface area contributed by atoms with Gasteiger partial charge in [-0.25, -0.2) is 8.42 Å². The van der Waals surface area contributed by atoms with Gasteiger partial charge in [0.05, 0.1) is 5.75 Å². The molecule has 0 aliphatic rings. The number of rotatable bonds is 7. The van der Waals surface area contributed by atoms with Gasteiger partial charge in [0.1, 0.15) is 18.5 Å². The molecule has 0 radical (unpaired) electrons. The van der Waals surface area contributed by atoms with Gasteiger partial charge in [0.25, 0.3) is 0 Å². The average Bonchev–Trinajstić information content (AvgIpc) is 2.33. The predicted molar refractivity (Wildman–Crippen MR) is 91.5 cm³/mol. The minimum absolute atomic E-state index is 0. The zero-order valence-electron chi connectivity index (χ0n) is 13.5. The maximum absolute atomic E-state index is 11.2. The van der Waals surface area contributed by atoms with E-state index in [1.807, 2.05) is 20.8 Å². The van der Waals surface area contributed by atoms with E-state index in [0.29, 0.717) is 12.3 Å². The van der Waals surface area contributed by atoms with Crippen molar-refractivity contribution in [2.75, 3.05) is 19.4 Å². The molecule has 2 N–H and O–H groups in total. The lowest BCUT2D eigenvalue weighted by molar-refractivity contribution is 0.100. The highest BCUT2D eigenvalue weighted by molar-refractivity contribution is 7.89. The van der Waals surface area contributed by atoms with Crippen LogP contribution >= 0.6 is 12.4 Å². The normalized spacial score (nSPS) is 13.3. The molecule has 0 aliphatic carbocycles. The molecule has 128 valence electrons. The van der Waals surface area contributed by atoms with Gasteiger partial charge < -0.3 is 15.2 Å². The fourth-order valence-corrected chi connectivity index (χ4v) is 2.46. The lowest BCUT2D eigenvalue weighted by atomic mass is 10.1. The molecular weight excluding hydrogens is 326 g/mol. The van der Waals surface area contributed by atoms with Crippen LogP contribution in [0.2, 0.25) is 0 Å². The van der Waals surface area contributed by atoms with E-state index in [4.69, 9.17) is 4.74 Å². The second-order valence-corrected chi connectivity index (χ2v) is 8.45. The summed E-state index contributed by atoms with van der Waals surface area (Å²) >= 11 is 0. The highest BCUT2D eigenvalue weighted by Gasteiger charge is 2.12. The lowest BCUT2D eigenvalue weighted by Crippen LogP contribution is -2.42. The number of halogens is 1. The number of hydrogen-bond acceptors (Lipinski definition) is 5. The number of benzene rings is 1. The Morgan fingerprint density at radius 1 is 1.23 bits per heavy atom. The number of nitrogens with one attached hydrogen (secondary N) is 1. The molecule has 0 fully saturated rings. The molecule has 0 heterocycles. The lowest BCUT2D eigenvalue weighted by Gasteiger charge is -2.23. The van der Waals surface area contributed by atoms with Gasteiger partial charge in [-0.3, -0.25) is 0 Å². The third-order valence-electron chi connectivity index (χ3n) is 2.66. The second kappa shape index (κ2) is 8.72. The van der Waals surface area contributed by atoms with Gasteiger partial charge in [-0.05, 0) is 38.5 Å². The van der Waals surface area contributed by atoms with Crippen molar-refractivity contribution < 1.29 is 18.3 Å². The highest BCUT2D eigenvalue weighted by atomic mass is 35.5. The van der Waals surface area contributed by atoms with Crippen molar-refractivity contribution in [2.45, 2.75) is 38.2 Å². The minimum Gasteiger partial charge on any atom is -0.491 e. The van der Waals surface area contributed by atoms with Crippen molar-refractivity contribution in [3.05, 3.63) is 29.8 Å². The van der Waals surface area contributed by atoms with E-state index in [1.54, 1.807) is 24.3 Å². The first kappa shape index (κ1) is 21.2. The van der Waals surface area contributed by atoms with Gasteiger partial charge in [-0.1, -0.05) is 12.1 Å². The van der Waals surface area contributed by atoms with Crippen LogP contribution in [0.25, 0.3) is 0 Å².